The fourth-order valence-electron chi connectivity index (χ4n) is 1.35. The molecule has 0 aromatic carbocycles. The lowest BCUT2D eigenvalue weighted by Crippen LogP contribution is -2.50. The van der Waals surface area contributed by atoms with Gasteiger partial charge in [0.25, 0.3) is 0 Å². The van der Waals surface area contributed by atoms with Gasteiger partial charge in [-0.25, -0.2) is 4.99 Å². The highest BCUT2D eigenvalue weighted by atomic mass is 15.3. The number of aromatic nitrogens is 1. The van der Waals surface area contributed by atoms with Gasteiger partial charge in [-0.1, -0.05) is 6.07 Å². The lowest BCUT2D eigenvalue weighted by atomic mass is 10.2. The van der Waals surface area contributed by atoms with Gasteiger partial charge in [0.2, 0.25) is 5.79 Å². The third kappa shape index (κ3) is 1.82. The Bertz CT molecular complexity index is 420. The van der Waals surface area contributed by atoms with Gasteiger partial charge in [0.15, 0.2) is 0 Å². The van der Waals surface area contributed by atoms with E-state index in [1.165, 1.54) is 0 Å². The highest BCUT2D eigenvalue weighted by Crippen LogP contribution is 2.16. The zero-order valence-electron chi connectivity index (χ0n) is 8.44. The molecule has 5 heteroatoms. The van der Waals surface area contributed by atoms with Crippen molar-refractivity contribution in [2.45, 2.75) is 12.7 Å². The largest absolute Gasteiger partial charge is 0.384 e. The number of hydrogen-bond acceptors (Lipinski definition) is 5. The van der Waals surface area contributed by atoms with Gasteiger partial charge >= 0.3 is 0 Å². The Morgan fingerprint density at radius 1 is 1.40 bits per heavy atom. The summed E-state index contributed by atoms with van der Waals surface area (Å²) in [6.07, 6.45) is 5.07. The van der Waals surface area contributed by atoms with Crippen LogP contribution in [0.25, 0.3) is 0 Å². The molecule has 1 unspecified atom stereocenters. The summed E-state index contributed by atoms with van der Waals surface area (Å²) in [7, 11) is 0. The van der Waals surface area contributed by atoms with E-state index in [9.17, 15) is 0 Å². The van der Waals surface area contributed by atoms with Crippen molar-refractivity contribution in [1.82, 2.24) is 10.3 Å². The van der Waals surface area contributed by atoms with Gasteiger partial charge in [-0.2, -0.15) is 0 Å². The fourth-order valence-corrected chi connectivity index (χ4v) is 1.35. The van der Waals surface area contributed by atoms with E-state index in [1.54, 1.807) is 18.5 Å². The van der Waals surface area contributed by atoms with Crippen LogP contribution >= 0.6 is 0 Å². The second-order valence-corrected chi connectivity index (χ2v) is 3.50. The number of pyridine rings is 1. The van der Waals surface area contributed by atoms with E-state index in [4.69, 9.17) is 11.5 Å². The Labute approximate surface area is 87.9 Å². The molecule has 1 aliphatic rings. The fraction of sp³-hybridized carbons (Fsp3) is 0.200. The van der Waals surface area contributed by atoms with Gasteiger partial charge in [-0.15, -0.1) is 0 Å². The first-order valence-corrected chi connectivity index (χ1v) is 4.62. The topological polar surface area (TPSA) is 89.3 Å². The van der Waals surface area contributed by atoms with Crippen LogP contribution in [0.15, 0.2) is 35.6 Å². The third-order valence-corrected chi connectivity index (χ3v) is 2.16. The van der Waals surface area contributed by atoms with E-state index in [2.05, 4.69) is 15.3 Å². The summed E-state index contributed by atoms with van der Waals surface area (Å²) in [4.78, 5) is 8.35. The standard InChI is InChI=1S/C10H13N5/c1-7-2-3-8(13-6-7)10(12)14-5-4-9(11)15-10/h2-6,14H,12H2,1H3,(H2,11,15). The molecular formula is C10H13N5. The van der Waals surface area contributed by atoms with Gasteiger partial charge < -0.3 is 11.1 Å². The molecule has 15 heavy (non-hydrogen) atoms. The van der Waals surface area contributed by atoms with E-state index in [1.807, 2.05) is 19.1 Å². The van der Waals surface area contributed by atoms with Crippen LogP contribution in [-0.2, 0) is 5.79 Å². The molecule has 2 rings (SSSR count). The van der Waals surface area contributed by atoms with Crippen molar-refractivity contribution >= 4 is 5.84 Å². The third-order valence-electron chi connectivity index (χ3n) is 2.16. The van der Waals surface area contributed by atoms with Crippen LogP contribution in [0.5, 0.6) is 0 Å². The van der Waals surface area contributed by atoms with Crippen molar-refractivity contribution in [2.75, 3.05) is 0 Å². The molecule has 0 saturated carbocycles. The summed E-state index contributed by atoms with van der Waals surface area (Å²) >= 11 is 0. The van der Waals surface area contributed by atoms with E-state index in [0.29, 0.717) is 11.5 Å². The Balaban J connectivity index is 2.38. The SMILES string of the molecule is Cc1ccc(C2(N)N=C(N)C=CN2)nc1. The van der Waals surface area contributed by atoms with Crippen molar-refractivity contribution in [1.29, 1.82) is 0 Å². The summed E-state index contributed by atoms with van der Waals surface area (Å²) in [5.74, 6) is -0.661. The summed E-state index contributed by atoms with van der Waals surface area (Å²) in [5.41, 5.74) is 13.3. The van der Waals surface area contributed by atoms with Crippen LogP contribution in [0.3, 0.4) is 0 Å². The first-order chi connectivity index (χ1) is 7.10. The van der Waals surface area contributed by atoms with Gasteiger partial charge in [-0.05, 0) is 24.6 Å². The van der Waals surface area contributed by atoms with E-state index >= 15 is 0 Å². The Morgan fingerprint density at radius 3 is 2.80 bits per heavy atom. The molecule has 2 heterocycles. The molecule has 0 radical (unpaired) electrons. The zero-order valence-corrected chi connectivity index (χ0v) is 8.44. The quantitative estimate of drug-likeness (QED) is 0.596. The van der Waals surface area contributed by atoms with Crippen molar-refractivity contribution in [2.24, 2.45) is 16.5 Å². The predicted molar refractivity (Wildman–Crippen MR) is 58.7 cm³/mol. The maximum atomic E-state index is 6.03. The maximum absolute atomic E-state index is 6.03. The number of aliphatic imine (C=N–C) groups is 1. The molecular weight excluding hydrogens is 190 g/mol. The van der Waals surface area contributed by atoms with Gasteiger partial charge in [0.05, 0.1) is 0 Å². The first kappa shape index (κ1) is 9.67. The minimum atomic E-state index is -1.05. The highest BCUT2D eigenvalue weighted by Gasteiger charge is 2.28. The van der Waals surface area contributed by atoms with E-state index < -0.39 is 5.79 Å². The van der Waals surface area contributed by atoms with E-state index in [-0.39, 0.29) is 0 Å². The molecule has 0 fully saturated rings. The predicted octanol–water partition coefficient (Wildman–Crippen LogP) is -0.0669. The number of amidine groups is 1. The average molecular weight is 203 g/mol. The van der Waals surface area contributed by atoms with Crippen molar-refractivity contribution < 1.29 is 0 Å². The molecule has 1 aliphatic heterocycles. The molecule has 1 atom stereocenters. The number of nitrogens with one attached hydrogen (secondary N) is 1. The molecule has 5 N–H and O–H groups in total. The van der Waals surface area contributed by atoms with Crippen LogP contribution in [0.2, 0.25) is 0 Å². The summed E-state index contributed by atoms with van der Waals surface area (Å²) in [6, 6.07) is 3.76. The maximum Gasteiger partial charge on any atom is 0.228 e. The normalized spacial score (nSPS) is 24.5. The van der Waals surface area contributed by atoms with Crippen molar-refractivity contribution in [3.8, 4) is 0 Å². The zero-order chi connectivity index (χ0) is 10.9. The van der Waals surface area contributed by atoms with Crippen LogP contribution in [0.4, 0.5) is 0 Å². The summed E-state index contributed by atoms with van der Waals surface area (Å²) < 4.78 is 0. The van der Waals surface area contributed by atoms with Crippen LogP contribution < -0.4 is 16.8 Å². The summed E-state index contributed by atoms with van der Waals surface area (Å²) in [5, 5.41) is 2.93. The Kier molecular flexibility index (Phi) is 2.17. The molecule has 0 aliphatic carbocycles. The van der Waals surface area contributed by atoms with Gasteiger partial charge in [-0.3, -0.25) is 10.7 Å². The first-order valence-electron chi connectivity index (χ1n) is 4.62. The minimum Gasteiger partial charge on any atom is -0.384 e. The lowest BCUT2D eigenvalue weighted by molar-refractivity contribution is 0.397. The number of nitrogens with two attached hydrogens (primary N) is 2. The molecule has 0 amide bonds. The lowest BCUT2D eigenvalue weighted by Gasteiger charge is -2.27. The number of hydrogen-bond donors (Lipinski definition) is 3. The summed E-state index contributed by atoms with van der Waals surface area (Å²) in [6.45, 7) is 1.96. The highest BCUT2D eigenvalue weighted by molar-refractivity contribution is 5.92. The molecule has 78 valence electrons. The number of nitrogens with zero attached hydrogens (tertiary/aromatic N) is 2. The second-order valence-electron chi connectivity index (χ2n) is 3.50. The van der Waals surface area contributed by atoms with Crippen LogP contribution in [0, 0.1) is 6.92 Å². The number of aryl methyl sites for hydroxylation is 1. The van der Waals surface area contributed by atoms with Crippen LogP contribution in [0.1, 0.15) is 11.3 Å². The Hall–Kier alpha value is -1.88. The average Bonchev–Trinajstić information content (AvgIpc) is 2.18. The molecule has 0 bridgehead atoms. The molecule has 0 spiro atoms. The number of rotatable bonds is 1. The van der Waals surface area contributed by atoms with Crippen LogP contribution in [-0.4, -0.2) is 10.8 Å². The van der Waals surface area contributed by atoms with Crippen molar-refractivity contribution in [3.63, 3.8) is 0 Å². The van der Waals surface area contributed by atoms with Gasteiger partial charge in [0.1, 0.15) is 11.5 Å². The molecule has 0 saturated heterocycles. The van der Waals surface area contributed by atoms with E-state index in [0.717, 1.165) is 5.56 Å². The van der Waals surface area contributed by atoms with Gasteiger partial charge in [0, 0.05) is 12.4 Å². The minimum absolute atomic E-state index is 0.388. The second kappa shape index (κ2) is 3.36. The molecule has 1 aromatic rings. The smallest absolute Gasteiger partial charge is 0.228 e. The Morgan fingerprint density at radius 2 is 2.20 bits per heavy atom. The molecule has 1 aromatic heterocycles. The monoisotopic (exact) mass is 203 g/mol. The van der Waals surface area contributed by atoms with Crippen molar-refractivity contribution in [3.05, 3.63) is 41.9 Å². The molecule has 5 nitrogen and oxygen atoms in total.